The van der Waals surface area contributed by atoms with E-state index < -0.39 is 24.1 Å². The highest BCUT2D eigenvalue weighted by Gasteiger charge is 2.21. The molecule has 0 radical (unpaired) electrons. The largest absolute Gasteiger partial charge is 0.492 e. The summed E-state index contributed by atoms with van der Waals surface area (Å²) in [5, 5.41) is 19.0. The molecule has 0 amide bonds. The highest BCUT2D eigenvalue weighted by molar-refractivity contribution is 7.98. The first-order valence-electron chi connectivity index (χ1n) is 20.9. The van der Waals surface area contributed by atoms with Gasteiger partial charge < -0.3 is 38.3 Å². The first-order valence-corrected chi connectivity index (χ1v) is 23.3. The lowest BCUT2D eigenvalue weighted by Gasteiger charge is -2.16. The summed E-state index contributed by atoms with van der Waals surface area (Å²) in [4.78, 5) is 25.6. The Balaban J connectivity index is 1.22. The van der Waals surface area contributed by atoms with Gasteiger partial charge in [-0.05, 0) is 128 Å². The van der Waals surface area contributed by atoms with Crippen LogP contribution in [-0.2, 0) is 51.4 Å². The summed E-state index contributed by atoms with van der Waals surface area (Å²) < 4.78 is 28.1. The molecular weight excluding hydrogens is 821 g/mol. The summed E-state index contributed by atoms with van der Waals surface area (Å²) in [5.41, 5.74) is 9.78. The molecule has 2 unspecified atom stereocenters. The minimum Gasteiger partial charge on any atom is -0.492 e. The highest BCUT2D eigenvalue weighted by Crippen LogP contribution is 2.32. The van der Waals surface area contributed by atoms with Gasteiger partial charge in [0.1, 0.15) is 24.7 Å². The quantitative estimate of drug-likeness (QED) is 0.0569. The highest BCUT2D eigenvalue weighted by atomic mass is 32.2. The van der Waals surface area contributed by atoms with Crippen LogP contribution in [0.4, 0.5) is 0 Å². The molecule has 0 fully saturated rings. The van der Waals surface area contributed by atoms with Gasteiger partial charge in [-0.25, -0.2) is 9.59 Å². The molecule has 2 heterocycles. The van der Waals surface area contributed by atoms with E-state index in [1.54, 1.807) is 37.4 Å². The SMILES string of the molecule is CCOC(Cc1ccc(OCCn2c(Cc3cc(-c4ccc(SC)cc4)n(CCOc4ccc(CC(OCC)C(=O)O)cc4)c3C)ccc2-c2ccc(SC)cc2)cc1)C(=O)O. The van der Waals surface area contributed by atoms with Crippen LogP contribution in [0.5, 0.6) is 11.5 Å². The molecule has 12 heteroatoms. The number of hydrogen-bond acceptors (Lipinski definition) is 8. The van der Waals surface area contributed by atoms with Crippen molar-refractivity contribution in [2.45, 2.75) is 75.1 Å². The smallest absolute Gasteiger partial charge is 0.333 e. The van der Waals surface area contributed by atoms with Crippen LogP contribution in [-0.4, -0.2) is 82.4 Å². The van der Waals surface area contributed by atoms with Crippen molar-refractivity contribution in [3.63, 3.8) is 0 Å². The molecule has 0 saturated carbocycles. The summed E-state index contributed by atoms with van der Waals surface area (Å²) in [7, 11) is 0. The van der Waals surface area contributed by atoms with E-state index in [4.69, 9.17) is 18.9 Å². The maximum atomic E-state index is 11.6. The third-order valence-corrected chi connectivity index (χ3v) is 12.3. The van der Waals surface area contributed by atoms with Crippen LogP contribution in [0, 0.1) is 6.92 Å². The summed E-state index contributed by atoms with van der Waals surface area (Å²) >= 11 is 3.44. The van der Waals surface area contributed by atoms with Crippen molar-refractivity contribution in [2.75, 3.05) is 38.9 Å². The van der Waals surface area contributed by atoms with Gasteiger partial charge in [-0.2, -0.15) is 0 Å². The Kier molecular flexibility index (Phi) is 16.8. The van der Waals surface area contributed by atoms with Crippen molar-refractivity contribution in [2.24, 2.45) is 0 Å². The Morgan fingerprint density at radius 3 is 1.48 bits per heavy atom. The minimum absolute atomic E-state index is 0.287. The van der Waals surface area contributed by atoms with Crippen molar-refractivity contribution < 1.29 is 38.7 Å². The molecule has 6 aromatic rings. The minimum atomic E-state index is -0.970. The number of carboxylic acid groups (broad SMARTS) is 2. The standard InChI is InChI=1S/C50H56N2O8S2/c1-6-57-47(49(53)54)30-35-8-17-41(18-9-35)59-28-26-51-34(3)39(33-46(51)38-14-23-44(62-5)24-15-38)32-40-16-25-45(37-12-21-43(61-4)22-13-37)52(40)27-29-60-42-19-10-36(11-20-42)31-48(50(55)56)58-7-2/h8-25,33,47-48H,6-7,26-32H2,1-5H3,(H,53,54)(H,55,56). The summed E-state index contributed by atoms with van der Waals surface area (Å²) in [6.07, 6.45) is 3.68. The molecule has 326 valence electrons. The molecule has 62 heavy (non-hydrogen) atoms. The van der Waals surface area contributed by atoms with Gasteiger partial charge in [-0.1, -0.05) is 48.5 Å². The van der Waals surface area contributed by atoms with Gasteiger partial charge in [0, 0.05) is 65.0 Å². The average molecular weight is 877 g/mol. The van der Waals surface area contributed by atoms with E-state index in [2.05, 4.69) is 95.3 Å². The monoisotopic (exact) mass is 876 g/mol. The molecule has 2 aromatic heterocycles. The zero-order valence-corrected chi connectivity index (χ0v) is 37.7. The van der Waals surface area contributed by atoms with Gasteiger partial charge in [-0.15, -0.1) is 23.5 Å². The second kappa shape index (κ2) is 22.6. The lowest BCUT2D eigenvalue weighted by Crippen LogP contribution is -2.26. The fourth-order valence-corrected chi connectivity index (χ4v) is 8.34. The van der Waals surface area contributed by atoms with E-state index in [-0.39, 0.29) is 12.8 Å². The van der Waals surface area contributed by atoms with E-state index in [1.165, 1.54) is 21.0 Å². The topological polar surface area (TPSA) is 121 Å². The molecule has 0 saturated heterocycles. The van der Waals surface area contributed by atoms with Crippen molar-refractivity contribution in [3.05, 3.63) is 143 Å². The molecule has 0 spiro atoms. The Morgan fingerprint density at radius 1 is 0.597 bits per heavy atom. The van der Waals surface area contributed by atoms with E-state index in [1.807, 2.05) is 48.5 Å². The van der Waals surface area contributed by atoms with Crippen molar-refractivity contribution in [3.8, 4) is 34.0 Å². The second-order valence-electron chi connectivity index (χ2n) is 14.7. The predicted molar refractivity (Wildman–Crippen MR) is 248 cm³/mol. The number of benzene rings is 4. The summed E-state index contributed by atoms with van der Waals surface area (Å²) in [5.74, 6) is -0.505. The van der Waals surface area contributed by atoms with Gasteiger partial charge in [0.2, 0.25) is 0 Å². The lowest BCUT2D eigenvalue weighted by atomic mass is 10.1. The Hall–Kier alpha value is -5.40. The van der Waals surface area contributed by atoms with E-state index >= 15 is 0 Å². The van der Waals surface area contributed by atoms with Gasteiger partial charge in [0.15, 0.2) is 12.2 Å². The molecule has 10 nitrogen and oxygen atoms in total. The molecule has 0 aliphatic heterocycles. The molecule has 0 aliphatic carbocycles. The van der Waals surface area contributed by atoms with Gasteiger partial charge in [0.25, 0.3) is 0 Å². The lowest BCUT2D eigenvalue weighted by molar-refractivity contribution is -0.150. The summed E-state index contributed by atoms with van der Waals surface area (Å²) in [6, 6.07) is 39.2. The number of nitrogens with zero attached hydrogens (tertiary/aromatic N) is 2. The van der Waals surface area contributed by atoms with Crippen LogP contribution in [0.25, 0.3) is 22.5 Å². The van der Waals surface area contributed by atoms with Crippen LogP contribution >= 0.6 is 23.5 Å². The number of carboxylic acids is 2. The van der Waals surface area contributed by atoms with Crippen LogP contribution in [0.15, 0.2) is 125 Å². The Morgan fingerprint density at radius 2 is 1.05 bits per heavy atom. The number of hydrogen-bond donors (Lipinski definition) is 2. The molecule has 0 bridgehead atoms. The zero-order chi connectivity index (χ0) is 44.0. The van der Waals surface area contributed by atoms with Crippen LogP contribution in [0.2, 0.25) is 0 Å². The zero-order valence-electron chi connectivity index (χ0n) is 36.0. The predicted octanol–water partition coefficient (Wildman–Crippen LogP) is 10.2. The molecule has 6 rings (SSSR count). The fourth-order valence-electron chi connectivity index (χ4n) is 7.53. The normalized spacial score (nSPS) is 12.3. The molecule has 4 aromatic carbocycles. The molecule has 2 atom stereocenters. The van der Waals surface area contributed by atoms with Crippen molar-refractivity contribution >= 4 is 35.5 Å². The number of aliphatic carboxylic acids is 2. The van der Waals surface area contributed by atoms with E-state index in [9.17, 15) is 19.8 Å². The first-order chi connectivity index (χ1) is 30.1. The Labute approximate surface area is 373 Å². The van der Waals surface area contributed by atoms with Crippen LogP contribution in [0.1, 0.15) is 41.9 Å². The molecular formula is C50H56N2O8S2. The van der Waals surface area contributed by atoms with Gasteiger partial charge in [0.05, 0.1) is 13.1 Å². The molecule has 0 aliphatic rings. The van der Waals surface area contributed by atoms with Crippen molar-refractivity contribution in [1.82, 2.24) is 9.13 Å². The maximum absolute atomic E-state index is 11.6. The van der Waals surface area contributed by atoms with Crippen LogP contribution < -0.4 is 9.47 Å². The van der Waals surface area contributed by atoms with E-state index in [0.29, 0.717) is 51.7 Å². The summed E-state index contributed by atoms with van der Waals surface area (Å²) in [6.45, 7) is 8.56. The van der Waals surface area contributed by atoms with Crippen LogP contribution in [0.3, 0.4) is 0 Å². The van der Waals surface area contributed by atoms with Gasteiger partial charge in [-0.3, -0.25) is 0 Å². The first kappa shape index (κ1) is 46.1. The molecule has 2 N–H and O–H groups in total. The maximum Gasteiger partial charge on any atom is 0.333 e. The number of thioether (sulfide) groups is 2. The third kappa shape index (κ3) is 12.2. The number of carbonyl (C=O) groups is 2. The number of aromatic nitrogens is 2. The Bertz CT molecular complexity index is 2350. The van der Waals surface area contributed by atoms with E-state index in [0.717, 1.165) is 45.1 Å². The number of ether oxygens (including phenoxy) is 4. The van der Waals surface area contributed by atoms with Crippen molar-refractivity contribution in [1.29, 1.82) is 0 Å². The number of rotatable bonds is 24. The third-order valence-electron chi connectivity index (χ3n) is 10.8. The fraction of sp³-hybridized carbons (Fsp3) is 0.320. The average Bonchev–Trinajstić information content (AvgIpc) is 3.83. The van der Waals surface area contributed by atoms with Gasteiger partial charge >= 0.3 is 11.9 Å². The second-order valence-corrected chi connectivity index (χ2v) is 16.5.